The predicted octanol–water partition coefficient (Wildman–Crippen LogP) is 2.75. The lowest BCUT2D eigenvalue weighted by Crippen LogP contribution is -2.42. The summed E-state index contributed by atoms with van der Waals surface area (Å²) in [4.78, 5) is 2.50. The van der Waals surface area contributed by atoms with E-state index in [1.54, 1.807) is 0 Å². The van der Waals surface area contributed by atoms with E-state index in [0.717, 1.165) is 13.1 Å². The molecule has 1 aromatic heterocycles. The third-order valence-electron chi connectivity index (χ3n) is 4.60. The highest BCUT2D eigenvalue weighted by molar-refractivity contribution is 5.83. The van der Waals surface area contributed by atoms with Crippen molar-refractivity contribution < 1.29 is 0 Å². The van der Waals surface area contributed by atoms with E-state index >= 15 is 0 Å². The van der Waals surface area contributed by atoms with Gasteiger partial charge in [0, 0.05) is 43.3 Å². The number of nitrogens with one attached hydrogen (secondary N) is 1. The van der Waals surface area contributed by atoms with Crippen LogP contribution in [0, 0.1) is 0 Å². The van der Waals surface area contributed by atoms with Gasteiger partial charge in [-0.1, -0.05) is 24.6 Å². The maximum absolute atomic E-state index is 3.65. The average molecular weight is 271 g/mol. The Bertz CT molecular complexity index is 573. The van der Waals surface area contributed by atoms with Crippen LogP contribution >= 0.6 is 0 Å². The van der Waals surface area contributed by atoms with Crippen LogP contribution in [0.15, 0.2) is 30.5 Å². The van der Waals surface area contributed by atoms with Crippen LogP contribution in [-0.4, -0.2) is 35.6 Å². The summed E-state index contributed by atoms with van der Waals surface area (Å²) in [5.41, 5.74) is 2.72. The minimum atomic E-state index is 0.707. The van der Waals surface area contributed by atoms with E-state index in [2.05, 4.69) is 59.3 Å². The van der Waals surface area contributed by atoms with Crippen molar-refractivity contribution in [2.24, 2.45) is 7.05 Å². The molecule has 0 amide bonds. The first-order valence-electron chi connectivity index (χ1n) is 7.69. The Morgan fingerprint density at radius 2 is 2.05 bits per heavy atom. The molecule has 0 radical (unpaired) electrons. The monoisotopic (exact) mass is 271 g/mol. The molecule has 3 nitrogen and oxygen atoms in total. The van der Waals surface area contributed by atoms with Crippen molar-refractivity contribution in [3.8, 4) is 0 Å². The largest absolute Gasteiger partial charge is 0.350 e. The second kappa shape index (κ2) is 5.98. The molecule has 2 aromatic rings. The summed E-state index contributed by atoms with van der Waals surface area (Å²) < 4.78 is 2.22. The van der Waals surface area contributed by atoms with Crippen LogP contribution in [0.5, 0.6) is 0 Å². The number of piperidine rings is 1. The van der Waals surface area contributed by atoms with Gasteiger partial charge in [-0.2, -0.15) is 0 Å². The molecule has 1 unspecified atom stereocenters. The minimum Gasteiger partial charge on any atom is -0.350 e. The molecule has 0 spiro atoms. The molecule has 20 heavy (non-hydrogen) atoms. The first-order valence-corrected chi connectivity index (χ1v) is 7.69. The van der Waals surface area contributed by atoms with Gasteiger partial charge >= 0.3 is 0 Å². The fourth-order valence-corrected chi connectivity index (χ4v) is 3.34. The molecule has 1 aromatic carbocycles. The van der Waals surface area contributed by atoms with Crippen molar-refractivity contribution in [3.05, 3.63) is 36.0 Å². The Balaban J connectivity index is 1.62. The predicted molar refractivity (Wildman–Crippen MR) is 84.9 cm³/mol. The second-order valence-electron chi connectivity index (χ2n) is 6.04. The Kier molecular flexibility index (Phi) is 4.08. The SMILES string of the molecule is CN1CCCCC1CNCc1cn(C)c2ccccc12. The third-order valence-corrected chi connectivity index (χ3v) is 4.60. The Hall–Kier alpha value is -1.32. The zero-order chi connectivity index (χ0) is 13.9. The first-order chi connectivity index (χ1) is 9.75. The molecule has 0 bridgehead atoms. The lowest BCUT2D eigenvalue weighted by Gasteiger charge is -2.32. The molecular weight excluding hydrogens is 246 g/mol. The Labute approximate surface area is 121 Å². The highest BCUT2D eigenvalue weighted by atomic mass is 15.2. The van der Waals surface area contributed by atoms with Gasteiger partial charge in [0.05, 0.1) is 0 Å². The molecule has 2 heterocycles. The molecule has 1 N–H and O–H groups in total. The summed E-state index contributed by atoms with van der Waals surface area (Å²) in [6, 6.07) is 9.35. The quantitative estimate of drug-likeness (QED) is 0.922. The van der Waals surface area contributed by atoms with Crippen LogP contribution in [0.1, 0.15) is 24.8 Å². The Morgan fingerprint density at radius 1 is 1.20 bits per heavy atom. The van der Waals surface area contributed by atoms with E-state index in [9.17, 15) is 0 Å². The number of aryl methyl sites for hydroxylation is 1. The number of hydrogen-bond acceptors (Lipinski definition) is 2. The van der Waals surface area contributed by atoms with Crippen molar-refractivity contribution in [2.75, 3.05) is 20.1 Å². The van der Waals surface area contributed by atoms with Crippen molar-refractivity contribution in [3.63, 3.8) is 0 Å². The summed E-state index contributed by atoms with van der Waals surface area (Å²) in [6.07, 6.45) is 6.32. The van der Waals surface area contributed by atoms with Gasteiger partial charge in [0.2, 0.25) is 0 Å². The van der Waals surface area contributed by atoms with Gasteiger partial charge in [-0.15, -0.1) is 0 Å². The number of likely N-dealkylation sites (tertiary alicyclic amines) is 1. The molecule has 3 heteroatoms. The lowest BCUT2D eigenvalue weighted by molar-refractivity contribution is 0.181. The van der Waals surface area contributed by atoms with Gasteiger partial charge in [0.15, 0.2) is 0 Å². The van der Waals surface area contributed by atoms with Crippen LogP contribution in [0.2, 0.25) is 0 Å². The smallest absolute Gasteiger partial charge is 0.0481 e. The molecule has 1 aliphatic rings. The van der Waals surface area contributed by atoms with Gasteiger partial charge in [0.1, 0.15) is 0 Å². The average Bonchev–Trinajstić information content (AvgIpc) is 2.78. The number of hydrogen-bond donors (Lipinski definition) is 1. The van der Waals surface area contributed by atoms with Crippen LogP contribution < -0.4 is 5.32 Å². The number of likely N-dealkylation sites (N-methyl/N-ethyl adjacent to an activating group) is 1. The van der Waals surface area contributed by atoms with Crippen LogP contribution in [0.3, 0.4) is 0 Å². The van der Waals surface area contributed by atoms with Crippen molar-refractivity contribution in [1.29, 1.82) is 0 Å². The second-order valence-corrected chi connectivity index (χ2v) is 6.04. The molecule has 0 aliphatic carbocycles. The zero-order valence-electron chi connectivity index (χ0n) is 12.6. The molecular formula is C17H25N3. The van der Waals surface area contributed by atoms with E-state index < -0.39 is 0 Å². The van der Waals surface area contributed by atoms with Gasteiger partial charge in [-0.3, -0.25) is 0 Å². The number of para-hydroxylation sites is 1. The van der Waals surface area contributed by atoms with Crippen LogP contribution in [0.4, 0.5) is 0 Å². The number of benzene rings is 1. The first kappa shape index (κ1) is 13.7. The lowest BCUT2D eigenvalue weighted by atomic mass is 10.0. The van der Waals surface area contributed by atoms with Crippen molar-refractivity contribution in [1.82, 2.24) is 14.8 Å². The normalized spacial score (nSPS) is 20.6. The summed E-state index contributed by atoms with van der Waals surface area (Å²) in [7, 11) is 4.38. The van der Waals surface area contributed by atoms with E-state index in [1.807, 2.05) is 0 Å². The fraction of sp³-hybridized carbons (Fsp3) is 0.529. The molecule has 3 rings (SSSR count). The van der Waals surface area contributed by atoms with Gasteiger partial charge in [0.25, 0.3) is 0 Å². The standard InChI is InChI=1S/C17H25N3/c1-19-10-6-5-7-15(19)12-18-11-14-13-20(2)17-9-4-3-8-16(14)17/h3-4,8-9,13,15,18H,5-7,10-12H2,1-2H3. The molecule has 1 fully saturated rings. The van der Waals surface area contributed by atoms with Gasteiger partial charge in [-0.25, -0.2) is 0 Å². The molecule has 0 saturated carbocycles. The highest BCUT2D eigenvalue weighted by Gasteiger charge is 2.18. The number of fused-ring (bicyclic) bond motifs is 1. The van der Waals surface area contributed by atoms with E-state index in [1.165, 1.54) is 42.3 Å². The van der Waals surface area contributed by atoms with Crippen molar-refractivity contribution in [2.45, 2.75) is 31.8 Å². The zero-order valence-corrected chi connectivity index (χ0v) is 12.6. The van der Waals surface area contributed by atoms with Gasteiger partial charge in [-0.05, 0) is 38.1 Å². The van der Waals surface area contributed by atoms with Crippen LogP contribution in [0.25, 0.3) is 10.9 Å². The Morgan fingerprint density at radius 3 is 2.90 bits per heavy atom. The minimum absolute atomic E-state index is 0.707. The molecule has 1 atom stereocenters. The number of nitrogens with zero attached hydrogens (tertiary/aromatic N) is 2. The van der Waals surface area contributed by atoms with Crippen LogP contribution in [-0.2, 0) is 13.6 Å². The fourth-order valence-electron chi connectivity index (χ4n) is 3.34. The summed E-state index contributed by atoms with van der Waals surface area (Å²) >= 11 is 0. The molecule has 1 saturated heterocycles. The third kappa shape index (κ3) is 2.74. The van der Waals surface area contributed by atoms with E-state index in [-0.39, 0.29) is 0 Å². The number of aromatic nitrogens is 1. The number of rotatable bonds is 4. The summed E-state index contributed by atoms with van der Waals surface area (Å²) in [5, 5.41) is 5.03. The maximum Gasteiger partial charge on any atom is 0.0481 e. The van der Waals surface area contributed by atoms with E-state index in [4.69, 9.17) is 0 Å². The topological polar surface area (TPSA) is 20.2 Å². The van der Waals surface area contributed by atoms with Gasteiger partial charge < -0.3 is 14.8 Å². The highest BCUT2D eigenvalue weighted by Crippen LogP contribution is 2.20. The molecule has 1 aliphatic heterocycles. The van der Waals surface area contributed by atoms with Crippen molar-refractivity contribution >= 4 is 10.9 Å². The molecule has 108 valence electrons. The summed E-state index contributed by atoms with van der Waals surface area (Å²) in [5.74, 6) is 0. The maximum atomic E-state index is 3.65. The summed E-state index contributed by atoms with van der Waals surface area (Å²) in [6.45, 7) is 3.31. The van der Waals surface area contributed by atoms with E-state index in [0.29, 0.717) is 6.04 Å².